The van der Waals surface area contributed by atoms with Gasteiger partial charge in [0.25, 0.3) is 0 Å². The number of carbonyl (C=O) groups excluding carboxylic acids is 1. The van der Waals surface area contributed by atoms with Gasteiger partial charge in [0.1, 0.15) is 5.82 Å². The molecule has 0 N–H and O–H groups in total. The highest BCUT2D eigenvalue weighted by molar-refractivity contribution is 7.91. The van der Waals surface area contributed by atoms with Crippen LogP contribution in [0.5, 0.6) is 0 Å². The second kappa shape index (κ2) is 5.28. The van der Waals surface area contributed by atoms with Crippen LogP contribution in [0, 0.1) is 12.8 Å². The van der Waals surface area contributed by atoms with Crippen molar-refractivity contribution < 1.29 is 17.9 Å². The molecule has 2 rings (SSSR count). The average molecular weight is 287 g/mol. The predicted molar refractivity (Wildman–Crippen MR) is 67.5 cm³/mol. The molecule has 1 aromatic heterocycles. The molecular formula is C11H17N3O4S. The van der Waals surface area contributed by atoms with Gasteiger partial charge in [-0.3, -0.25) is 0 Å². The van der Waals surface area contributed by atoms with Gasteiger partial charge in [0.05, 0.1) is 18.1 Å². The number of hydrogen-bond acceptors (Lipinski definition) is 6. The minimum Gasteiger partial charge on any atom is -0.460 e. The molecule has 2 heterocycles. The Labute approximate surface area is 111 Å². The lowest BCUT2D eigenvalue weighted by Gasteiger charge is -2.12. The lowest BCUT2D eigenvalue weighted by Crippen LogP contribution is -2.19. The van der Waals surface area contributed by atoms with E-state index in [1.165, 1.54) is 0 Å². The molecule has 1 saturated heterocycles. The van der Waals surface area contributed by atoms with Crippen LogP contribution in [0.25, 0.3) is 0 Å². The minimum absolute atomic E-state index is 0.00729. The van der Waals surface area contributed by atoms with Crippen LogP contribution in [0.2, 0.25) is 0 Å². The Bertz CT molecular complexity index is 579. The number of carbonyl (C=O) groups is 1. The van der Waals surface area contributed by atoms with Crippen molar-refractivity contribution in [3.8, 4) is 0 Å². The lowest BCUT2D eigenvalue weighted by molar-refractivity contribution is 0.0504. The molecule has 1 aliphatic heterocycles. The molecular weight excluding hydrogens is 270 g/mol. The van der Waals surface area contributed by atoms with E-state index in [1.807, 2.05) is 0 Å². The molecule has 0 amide bonds. The van der Waals surface area contributed by atoms with Gasteiger partial charge in [-0.15, -0.1) is 10.2 Å². The van der Waals surface area contributed by atoms with Crippen molar-refractivity contribution in [3.63, 3.8) is 0 Å². The number of hydrogen-bond donors (Lipinski definition) is 0. The van der Waals surface area contributed by atoms with Gasteiger partial charge < -0.3 is 9.30 Å². The number of rotatable bonds is 4. The van der Waals surface area contributed by atoms with Gasteiger partial charge in [-0.2, -0.15) is 0 Å². The van der Waals surface area contributed by atoms with Crippen molar-refractivity contribution in [2.24, 2.45) is 5.92 Å². The fourth-order valence-electron chi connectivity index (χ4n) is 2.22. The Kier molecular flexibility index (Phi) is 3.88. The third-order valence-electron chi connectivity index (χ3n) is 3.16. The first-order chi connectivity index (χ1) is 8.93. The normalized spacial score (nSPS) is 21.5. The molecule has 1 atom stereocenters. The zero-order chi connectivity index (χ0) is 14.0. The molecule has 106 valence electrons. The van der Waals surface area contributed by atoms with Crippen molar-refractivity contribution in [3.05, 3.63) is 11.6 Å². The maximum absolute atomic E-state index is 11.7. The number of ether oxygens (including phenoxy) is 1. The van der Waals surface area contributed by atoms with Gasteiger partial charge in [-0.25, -0.2) is 13.2 Å². The standard InChI is InChI=1S/C11H17N3O4S/c1-3-18-11(15)10-13-12-8(2)14(10)6-9-4-5-19(16,17)7-9/h9H,3-7H2,1-2H3. The number of sulfone groups is 1. The Morgan fingerprint density at radius 1 is 1.47 bits per heavy atom. The van der Waals surface area contributed by atoms with Crippen molar-refractivity contribution in [1.82, 2.24) is 14.8 Å². The molecule has 0 radical (unpaired) electrons. The summed E-state index contributed by atoms with van der Waals surface area (Å²) in [7, 11) is -2.93. The third-order valence-corrected chi connectivity index (χ3v) is 5.00. The largest absolute Gasteiger partial charge is 0.460 e. The highest BCUT2D eigenvalue weighted by atomic mass is 32.2. The SMILES string of the molecule is CCOC(=O)c1nnc(C)n1CC1CCS(=O)(=O)C1. The van der Waals surface area contributed by atoms with Gasteiger partial charge in [0.15, 0.2) is 9.84 Å². The maximum Gasteiger partial charge on any atom is 0.376 e. The van der Waals surface area contributed by atoms with Crippen molar-refractivity contribution >= 4 is 15.8 Å². The van der Waals surface area contributed by atoms with Crippen LogP contribution < -0.4 is 0 Å². The zero-order valence-corrected chi connectivity index (χ0v) is 11.8. The van der Waals surface area contributed by atoms with Crippen LogP contribution in [0.15, 0.2) is 0 Å². The van der Waals surface area contributed by atoms with Crippen LogP contribution >= 0.6 is 0 Å². The van der Waals surface area contributed by atoms with Crippen LogP contribution in [0.3, 0.4) is 0 Å². The first-order valence-corrected chi connectivity index (χ1v) is 8.02. The second-order valence-corrected chi connectivity index (χ2v) is 6.90. The summed E-state index contributed by atoms with van der Waals surface area (Å²) in [5.41, 5.74) is 0. The van der Waals surface area contributed by atoms with Crippen LogP contribution in [0.1, 0.15) is 29.8 Å². The molecule has 0 saturated carbocycles. The topological polar surface area (TPSA) is 91.2 Å². The number of nitrogens with zero attached hydrogens (tertiary/aromatic N) is 3. The van der Waals surface area contributed by atoms with E-state index in [2.05, 4.69) is 10.2 Å². The number of aromatic nitrogens is 3. The summed E-state index contributed by atoms with van der Waals surface area (Å²) in [5, 5.41) is 7.66. The van der Waals surface area contributed by atoms with E-state index in [1.54, 1.807) is 18.4 Å². The summed E-state index contributed by atoms with van der Waals surface area (Å²) in [6.07, 6.45) is 0.613. The molecule has 0 spiro atoms. The van der Waals surface area contributed by atoms with Crippen molar-refractivity contribution in [2.75, 3.05) is 18.1 Å². The molecule has 1 aliphatic rings. The first-order valence-electron chi connectivity index (χ1n) is 6.20. The van der Waals surface area contributed by atoms with Crippen LogP contribution in [0.4, 0.5) is 0 Å². The lowest BCUT2D eigenvalue weighted by atomic mass is 10.1. The molecule has 1 fully saturated rings. The average Bonchev–Trinajstić information content (AvgIpc) is 2.84. The van der Waals surface area contributed by atoms with E-state index in [0.717, 1.165) is 0 Å². The molecule has 19 heavy (non-hydrogen) atoms. The van der Waals surface area contributed by atoms with Crippen molar-refractivity contribution in [2.45, 2.75) is 26.8 Å². The van der Waals surface area contributed by atoms with Crippen molar-refractivity contribution in [1.29, 1.82) is 0 Å². The maximum atomic E-state index is 11.7. The van der Waals surface area contributed by atoms with E-state index in [-0.39, 0.29) is 29.9 Å². The molecule has 0 aromatic carbocycles. The summed E-state index contributed by atoms with van der Waals surface area (Å²) in [6, 6.07) is 0. The van der Waals surface area contributed by atoms with E-state index in [0.29, 0.717) is 18.8 Å². The fraction of sp³-hybridized carbons (Fsp3) is 0.727. The first kappa shape index (κ1) is 14.0. The monoisotopic (exact) mass is 287 g/mol. The van der Waals surface area contributed by atoms with Gasteiger partial charge in [0, 0.05) is 6.54 Å². The summed E-state index contributed by atoms with van der Waals surface area (Å²) in [4.78, 5) is 11.7. The van der Waals surface area contributed by atoms with Gasteiger partial charge in [0.2, 0.25) is 5.82 Å². The summed E-state index contributed by atoms with van der Waals surface area (Å²) in [5.74, 6) is 0.591. The van der Waals surface area contributed by atoms with E-state index < -0.39 is 15.8 Å². The minimum atomic E-state index is -2.93. The molecule has 8 heteroatoms. The van der Waals surface area contributed by atoms with E-state index in [9.17, 15) is 13.2 Å². The molecule has 7 nitrogen and oxygen atoms in total. The smallest absolute Gasteiger partial charge is 0.376 e. The van der Waals surface area contributed by atoms with Gasteiger partial charge in [-0.05, 0) is 26.2 Å². The molecule has 0 aliphatic carbocycles. The highest BCUT2D eigenvalue weighted by Crippen LogP contribution is 2.21. The number of aryl methyl sites for hydroxylation is 1. The second-order valence-electron chi connectivity index (χ2n) is 4.67. The van der Waals surface area contributed by atoms with E-state index >= 15 is 0 Å². The van der Waals surface area contributed by atoms with Gasteiger partial charge in [-0.1, -0.05) is 0 Å². The Morgan fingerprint density at radius 2 is 2.21 bits per heavy atom. The van der Waals surface area contributed by atoms with Crippen LogP contribution in [-0.2, 0) is 21.1 Å². The van der Waals surface area contributed by atoms with Crippen LogP contribution in [-0.4, -0.2) is 47.3 Å². The molecule has 1 aromatic rings. The quantitative estimate of drug-likeness (QED) is 0.735. The highest BCUT2D eigenvalue weighted by Gasteiger charge is 2.30. The van der Waals surface area contributed by atoms with E-state index in [4.69, 9.17) is 4.74 Å². The Morgan fingerprint density at radius 3 is 2.79 bits per heavy atom. The Hall–Kier alpha value is -1.44. The number of esters is 1. The predicted octanol–water partition coefficient (Wildman–Crippen LogP) is 0.198. The zero-order valence-electron chi connectivity index (χ0n) is 11.0. The Balaban J connectivity index is 2.16. The molecule has 0 bridgehead atoms. The summed E-state index contributed by atoms with van der Waals surface area (Å²) < 4.78 is 29.4. The summed E-state index contributed by atoms with van der Waals surface area (Å²) in [6.45, 7) is 4.16. The third kappa shape index (κ3) is 3.12. The molecule has 1 unspecified atom stereocenters. The summed E-state index contributed by atoms with van der Waals surface area (Å²) >= 11 is 0. The van der Waals surface area contributed by atoms with Gasteiger partial charge >= 0.3 is 5.97 Å². The fourth-order valence-corrected chi connectivity index (χ4v) is 4.07.